The highest BCUT2D eigenvalue weighted by molar-refractivity contribution is 5.25. The first-order chi connectivity index (χ1) is 6.23. The highest BCUT2D eigenvalue weighted by Crippen LogP contribution is 2.40. The predicted molar refractivity (Wildman–Crippen MR) is 54.5 cm³/mol. The van der Waals surface area contributed by atoms with Crippen LogP contribution in [0.2, 0.25) is 0 Å². The maximum Gasteiger partial charge on any atom is 0.0865 e. The van der Waals surface area contributed by atoms with E-state index in [1.807, 2.05) is 0 Å². The molecule has 0 fully saturated rings. The standard InChI is InChI=1S/C12H18O/c1-2-12(13)8-7-10-5-3-4-6-11(10)9-12/h2,13H,1,3-9H2. The fourth-order valence-corrected chi connectivity index (χ4v) is 2.54. The van der Waals surface area contributed by atoms with Crippen LogP contribution in [0.5, 0.6) is 0 Å². The molecule has 1 unspecified atom stereocenters. The van der Waals surface area contributed by atoms with Crippen molar-refractivity contribution in [2.45, 2.75) is 50.5 Å². The second kappa shape index (κ2) is 3.30. The molecule has 0 bridgehead atoms. The van der Waals surface area contributed by atoms with Gasteiger partial charge in [-0.25, -0.2) is 0 Å². The van der Waals surface area contributed by atoms with Crippen LogP contribution < -0.4 is 0 Å². The summed E-state index contributed by atoms with van der Waals surface area (Å²) in [5.41, 5.74) is 2.58. The molecular formula is C12H18O. The van der Waals surface area contributed by atoms with E-state index in [-0.39, 0.29) is 0 Å². The van der Waals surface area contributed by atoms with Gasteiger partial charge < -0.3 is 5.11 Å². The van der Waals surface area contributed by atoms with E-state index in [1.54, 1.807) is 11.6 Å². The number of rotatable bonds is 1. The minimum absolute atomic E-state index is 0.587. The molecule has 0 saturated heterocycles. The summed E-state index contributed by atoms with van der Waals surface area (Å²) in [6.07, 6.45) is 9.72. The summed E-state index contributed by atoms with van der Waals surface area (Å²) in [5, 5.41) is 10.1. The second-order valence-corrected chi connectivity index (χ2v) is 4.40. The van der Waals surface area contributed by atoms with Gasteiger partial charge in [0.2, 0.25) is 0 Å². The molecule has 2 aliphatic rings. The van der Waals surface area contributed by atoms with Gasteiger partial charge in [-0.1, -0.05) is 17.2 Å². The Morgan fingerprint density at radius 3 is 2.54 bits per heavy atom. The topological polar surface area (TPSA) is 20.2 Å². The maximum atomic E-state index is 10.1. The summed E-state index contributed by atoms with van der Waals surface area (Å²) in [5.74, 6) is 0. The maximum absolute atomic E-state index is 10.1. The van der Waals surface area contributed by atoms with Gasteiger partial charge in [0.05, 0.1) is 5.60 Å². The molecule has 13 heavy (non-hydrogen) atoms. The summed E-state index contributed by atoms with van der Waals surface area (Å²) in [4.78, 5) is 0. The Morgan fingerprint density at radius 1 is 1.15 bits per heavy atom. The van der Waals surface area contributed by atoms with E-state index in [1.165, 1.54) is 31.3 Å². The van der Waals surface area contributed by atoms with Crippen molar-refractivity contribution in [3.63, 3.8) is 0 Å². The molecule has 1 nitrogen and oxygen atoms in total. The number of allylic oxidation sites excluding steroid dienone is 1. The van der Waals surface area contributed by atoms with Gasteiger partial charge in [0.25, 0.3) is 0 Å². The van der Waals surface area contributed by atoms with Crippen molar-refractivity contribution in [2.75, 3.05) is 0 Å². The quantitative estimate of drug-likeness (QED) is 0.612. The van der Waals surface area contributed by atoms with Gasteiger partial charge in [-0.05, 0) is 38.5 Å². The fourth-order valence-electron chi connectivity index (χ4n) is 2.54. The smallest absolute Gasteiger partial charge is 0.0865 e. The van der Waals surface area contributed by atoms with E-state index < -0.39 is 5.60 Å². The van der Waals surface area contributed by atoms with Gasteiger partial charge in [-0.15, -0.1) is 6.58 Å². The molecule has 0 saturated carbocycles. The Morgan fingerprint density at radius 2 is 1.85 bits per heavy atom. The number of hydrogen-bond donors (Lipinski definition) is 1. The molecule has 0 heterocycles. The molecule has 0 radical (unpaired) electrons. The number of aliphatic hydroxyl groups is 1. The van der Waals surface area contributed by atoms with E-state index in [4.69, 9.17) is 0 Å². The lowest BCUT2D eigenvalue weighted by Gasteiger charge is -2.34. The lowest BCUT2D eigenvalue weighted by Crippen LogP contribution is -2.30. The molecule has 0 amide bonds. The van der Waals surface area contributed by atoms with Gasteiger partial charge in [0, 0.05) is 6.42 Å². The minimum atomic E-state index is -0.587. The highest BCUT2D eigenvalue weighted by Gasteiger charge is 2.31. The summed E-state index contributed by atoms with van der Waals surface area (Å²) in [6.45, 7) is 3.72. The Labute approximate surface area is 80.2 Å². The van der Waals surface area contributed by atoms with Crippen molar-refractivity contribution in [1.82, 2.24) is 0 Å². The normalized spacial score (nSPS) is 34.2. The Bertz CT molecular complexity index is 252. The molecule has 1 atom stereocenters. The van der Waals surface area contributed by atoms with Gasteiger partial charge in [-0.2, -0.15) is 0 Å². The largest absolute Gasteiger partial charge is 0.385 e. The van der Waals surface area contributed by atoms with Crippen molar-refractivity contribution in [1.29, 1.82) is 0 Å². The van der Waals surface area contributed by atoms with Crippen LogP contribution in [0.15, 0.2) is 23.8 Å². The van der Waals surface area contributed by atoms with E-state index in [9.17, 15) is 5.11 Å². The molecular weight excluding hydrogens is 160 g/mol. The molecule has 0 aromatic rings. The summed E-state index contributed by atoms with van der Waals surface area (Å²) in [7, 11) is 0. The van der Waals surface area contributed by atoms with Crippen LogP contribution >= 0.6 is 0 Å². The summed E-state index contributed by atoms with van der Waals surface area (Å²) >= 11 is 0. The second-order valence-electron chi connectivity index (χ2n) is 4.40. The predicted octanol–water partition coefficient (Wildman–Crippen LogP) is 2.96. The zero-order valence-electron chi connectivity index (χ0n) is 8.18. The average Bonchev–Trinajstić information content (AvgIpc) is 2.18. The van der Waals surface area contributed by atoms with Gasteiger partial charge in [0.1, 0.15) is 0 Å². The van der Waals surface area contributed by atoms with Gasteiger partial charge in [-0.3, -0.25) is 0 Å². The first kappa shape index (κ1) is 9.01. The third-order valence-corrected chi connectivity index (χ3v) is 3.47. The lowest BCUT2D eigenvalue weighted by molar-refractivity contribution is 0.0738. The molecule has 0 aromatic heterocycles. The molecule has 72 valence electrons. The van der Waals surface area contributed by atoms with Gasteiger partial charge in [0.15, 0.2) is 0 Å². The first-order valence-corrected chi connectivity index (χ1v) is 5.29. The zero-order valence-corrected chi connectivity index (χ0v) is 8.18. The van der Waals surface area contributed by atoms with Crippen LogP contribution in [0.25, 0.3) is 0 Å². The molecule has 0 aromatic carbocycles. The summed E-state index contributed by atoms with van der Waals surface area (Å²) in [6, 6.07) is 0. The number of hydrogen-bond acceptors (Lipinski definition) is 1. The Balaban J connectivity index is 2.18. The van der Waals surface area contributed by atoms with E-state index in [2.05, 4.69) is 6.58 Å². The molecule has 1 N–H and O–H groups in total. The summed E-state index contributed by atoms with van der Waals surface area (Å²) < 4.78 is 0. The average molecular weight is 178 g/mol. The van der Waals surface area contributed by atoms with Crippen LogP contribution in [0.4, 0.5) is 0 Å². The van der Waals surface area contributed by atoms with E-state index in [0.717, 1.165) is 19.3 Å². The van der Waals surface area contributed by atoms with Crippen LogP contribution in [0, 0.1) is 0 Å². The molecule has 0 spiro atoms. The minimum Gasteiger partial charge on any atom is -0.385 e. The Kier molecular flexibility index (Phi) is 2.29. The fraction of sp³-hybridized carbons (Fsp3) is 0.667. The first-order valence-electron chi connectivity index (χ1n) is 5.29. The van der Waals surface area contributed by atoms with Crippen LogP contribution in [-0.4, -0.2) is 10.7 Å². The third-order valence-electron chi connectivity index (χ3n) is 3.47. The van der Waals surface area contributed by atoms with Crippen LogP contribution in [0.1, 0.15) is 44.9 Å². The van der Waals surface area contributed by atoms with Crippen molar-refractivity contribution in [2.24, 2.45) is 0 Å². The van der Waals surface area contributed by atoms with Crippen molar-refractivity contribution in [3.05, 3.63) is 23.8 Å². The van der Waals surface area contributed by atoms with Crippen molar-refractivity contribution < 1.29 is 5.11 Å². The van der Waals surface area contributed by atoms with Crippen molar-refractivity contribution in [3.8, 4) is 0 Å². The third kappa shape index (κ3) is 1.71. The highest BCUT2D eigenvalue weighted by atomic mass is 16.3. The monoisotopic (exact) mass is 178 g/mol. The van der Waals surface area contributed by atoms with E-state index >= 15 is 0 Å². The zero-order chi connectivity index (χ0) is 9.31. The molecule has 2 rings (SSSR count). The molecule has 2 aliphatic carbocycles. The Hall–Kier alpha value is -0.560. The SMILES string of the molecule is C=CC1(O)CCC2=C(CCCC2)C1. The van der Waals surface area contributed by atoms with Crippen molar-refractivity contribution >= 4 is 0 Å². The van der Waals surface area contributed by atoms with Crippen LogP contribution in [-0.2, 0) is 0 Å². The molecule has 0 aliphatic heterocycles. The van der Waals surface area contributed by atoms with E-state index in [0.29, 0.717) is 0 Å². The van der Waals surface area contributed by atoms with Crippen LogP contribution in [0.3, 0.4) is 0 Å². The van der Waals surface area contributed by atoms with Gasteiger partial charge >= 0.3 is 0 Å². The molecule has 1 heteroatoms. The lowest BCUT2D eigenvalue weighted by atomic mass is 9.75.